The van der Waals surface area contributed by atoms with Crippen LogP contribution in [0.1, 0.15) is 64.5 Å². The van der Waals surface area contributed by atoms with Crippen LogP contribution in [0.15, 0.2) is 28.7 Å². The van der Waals surface area contributed by atoms with Crippen LogP contribution in [0, 0.1) is 5.92 Å². The maximum Gasteiger partial charge on any atom is 0.0976 e. The van der Waals surface area contributed by atoms with Crippen LogP contribution in [0.4, 0.5) is 0 Å². The van der Waals surface area contributed by atoms with Crippen LogP contribution in [0.3, 0.4) is 0 Å². The van der Waals surface area contributed by atoms with Crippen molar-refractivity contribution in [1.29, 1.82) is 0 Å². The number of hydrogen-bond acceptors (Lipinski definition) is 2. The molecule has 0 heterocycles. The van der Waals surface area contributed by atoms with Crippen LogP contribution in [0.25, 0.3) is 0 Å². The van der Waals surface area contributed by atoms with E-state index in [9.17, 15) is 0 Å². The van der Waals surface area contributed by atoms with Gasteiger partial charge in [-0.3, -0.25) is 0 Å². The molecule has 0 fully saturated rings. The number of nitrogens with two attached hydrogens (primary N) is 1. The van der Waals surface area contributed by atoms with Gasteiger partial charge in [-0.1, -0.05) is 68.1 Å². The van der Waals surface area contributed by atoms with Crippen molar-refractivity contribution in [1.82, 2.24) is 0 Å². The first-order valence-corrected chi connectivity index (χ1v) is 9.04. The Kier molecular flexibility index (Phi) is 9.21. The molecule has 1 aromatic carbocycles. The summed E-state index contributed by atoms with van der Waals surface area (Å²) in [4.78, 5) is 0. The smallest absolute Gasteiger partial charge is 0.0976 e. The summed E-state index contributed by atoms with van der Waals surface area (Å²) < 4.78 is 7.32. The Balaban J connectivity index is 2.70. The summed E-state index contributed by atoms with van der Waals surface area (Å²) in [5.41, 5.74) is 7.46. The lowest BCUT2D eigenvalue weighted by atomic mass is 9.98. The lowest BCUT2D eigenvalue weighted by Gasteiger charge is -2.26. The fraction of sp³-hybridized carbons (Fsp3) is 0.667. The molecule has 3 atom stereocenters. The Hall–Kier alpha value is -0.380. The molecule has 0 aliphatic rings. The van der Waals surface area contributed by atoms with Crippen molar-refractivity contribution in [3.8, 4) is 0 Å². The van der Waals surface area contributed by atoms with Gasteiger partial charge in [0.25, 0.3) is 0 Å². The standard InChI is InChI=1S/C18H30BrNO/c1-4-7-9-14(5-2)13-21-18(17(20)6-3)15-10-8-11-16(19)12-15/h8,10-12,14,17-18H,4-7,9,13,20H2,1-3H3. The number of hydrogen-bond donors (Lipinski definition) is 1. The van der Waals surface area contributed by atoms with Gasteiger partial charge >= 0.3 is 0 Å². The van der Waals surface area contributed by atoms with E-state index in [1.54, 1.807) is 0 Å². The van der Waals surface area contributed by atoms with Crippen LogP contribution in [0.5, 0.6) is 0 Å². The molecule has 1 rings (SSSR count). The average molecular weight is 356 g/mol. The first-order chi connectivity index (χ1) is 10.1. The van der Waals surface area contributed by atoms with Gasteiger partial charge in [0.2, 0.25) is 0 Å². The molecule has 3 heteroatoms. The lowest BCUT2D eigenvalue weighted by Crippen LogP contribution is -2.30. The second-order valence-corrected chi connectivity index (χ2v) is 6.71. The molecule has 0 aromatic heterocycles. The van der Waals surface area contributed by atoms with E-state index in [4.69, 9.17) is 10.5 Å². The molecule has 0 radical (unpaired) electrons. The molecule has 0 spiro atoms. The molecule has 0 saturated heterocycles. The molecule has 0 aliphatic heterocycles. The zero-order valence-electron chi connectivity index (χ0n) is 13.6. The third-order valence-electron chi connectivity index (χ3n) is 4.09. The average Bonchev–Trinajstić information content (AvgIpc) is 2.50. The minimum absolute atomic E-state index is 0.0109. The molecule has 2 N–H and O–H groups in total. The zero-order chi connectivity index (χ0) is 15.7. The van der Waals surface area contributed by atoms with E-state index < -0.39 is 0 Å². The Morgan fingerprint density at radius 3 is 2.52 bits per heavy atom. The van der Waals surface area contributed by atoms with Crippen molar-refractivity contribution in [2.75, 3.05) is 6.61 Å². The van der Waals surface area contributed by atoms with Crippen molar-refractivity contribution < 1.29 is 4.74 Å². The van der Waals surface area contributed by atoms with Crippen molar-refractivity contribution in [3.05, 3.63) is 34.3 Å². The minimum atomic E-state index is -0.0109. The summed E-state index contributed by atoms with van der Waals surface area (Å²) in [6.45, 7) is 7.41. The normalized spacial score (nSPS) is 15.7. The summed E-state index contributed by atoms with van der Waals surface area (Å²) in [5.74, 6) is 0.642. The number of ether oxygens (including phenoxy) is 1. The molecular weight excluding hydrogens is 326 g/mol. The third-order valence-corrected chi connectivity index (χ3v) is 4.59. The van der Waals surface area contributed by atoms with Gasteiger partial charge in [0, 0.05) is 10.5 Å². The molecule has 3 unspecified atom stereocenters. The highest BCUT2D eigenvalue weighted by Crippen LogP contribution is 2.26. The van der Waals surface area contributed by atoms with Crippen molar-refractivity contribution in [3.63, 3.8) is 0 Å². The molecule has 0 aliphatic carbocycles. The van der Waals surface area contributed by atoms with Gasteiger partial charge in [-0.15, -0.1) is 0 Å². The van der Waals surface area contributed by atoms with Gasteiger partial charge in [0.1, 0.15) is 0 Å². The summed E-state index contributed by atoms with van der Waals surface area (Å²) in [5, 5.41) is 0. The highest BCUT2D eigenvalue weighted by molar-refractivity contribution is 9.10. The topological polar surface area (TPSA) is 35.2 Å². The van der Waals surface area contributed by atoms with Crippen LogP contribution in [-0.2, 0) is 4.74 Å². The minimum Gasteiger partial charge on any atom is -0.372 e. The van der Waals surface area contributed by atoms with Crippen molar-refractivity contribution in [2.24, 2.45) is 11.7 Å². The first kappa shape index (κ1) is 18.7. The van der Waals surface area contributed by atoms with Gasteiger partial charge < -0.3 is 10.5 Å². The van der Waals surface area contributed by atoms with E-state index in [1.165, 1.54) is 31.2 Å². The Labute approximate surface area is 138 Å². The molecule has 0 amide bonds. The molecule has 120 valence electrons. The molecule has 1 aromatic rings. The zero-order valence-corrected chi connectivity index (χ0v) is 15.2. The molecule has 0 bridgehead atoms. The van der Waals surface area contributed by atoms with E-state index in [0.29, 0.717) is 5.92 Å². The lowest BCUT2D eigenvalue weighted by molar-refractivity contribution is 0.00870. The maximum absolute atomic E-state index is 6.29. The second-order valence-electron chi connectivity index (χ2n) is 5.80. The summed E-state index contributed by atoms with van der Waals surface area (Å²) in [6, 6.07) is 8.36. The van der Waals surface area contributed by atoms with E-state index in [2.05, 4.69) is 48.8 Å². The predicted molar refractivity (Wildman–Crippen MR) is 94.4 cm³/mol. The van der Waals surface area contributed by atoms with Crippen molar-refractivity contribution in [2.45, 2.75) is 65.0 Å². The Morgan fingerprint density at radius 2 is 1.95 bits per heavy atom. The van der Waals surface area contributed by atoms with E-state index in [0.717, 1.165) is 17.5 Å². The van der Waals surface area contributed by atoms with Crippen LogP contribution < -0.4 is 5.73 Å². The number of benzene rings is 1. The third kappa shape index (κ3) is 6.50. The van der Waals surface area contributed by atoms with E-state index in [1.807, 2.05) is 12.1 Å². The second kappa shape index (κ2) is 10.4. The highest BCUT2D eigenvalue weighted by Gasteiger charge is 2.21. The molecule has 21 heavy (non-hydrogen) atoms. The van der Waals surface area contributed by atoms with Gasteiger partial charge in [0.05, 0.1) is 12.7 Å². The van der Waals surface area contributed by atoms with Crippen LogP contribution in [-0.4, -0.2) is 12.6 Å². The number of unbranched alkanes of at least 4 members (excludes halogenated alkanes) is 1. The molecule has 0 saturated carbocycles. The molecule has 2 nitrogen and oxygen atoms in total. The first-order valence-electron chi connectivity index (χ1n) is 8.24. The van der Waals surface area contributed by atoms with Crippen LogP contribution in [0.2, 0.25) is 0 Å². The van der Waals surface area contributed by atoms with Gasteiger partial charge in [0.15, 0.2) is 0 Å². The van der Waals surface area contributed by atoms with Crippen molar-refractivity contribution >= 4 is 15.9 Å². The molecular formula is C18H30BrNO. The number of halogens is 1. The monoisotopic (exact) mass is 355 g/mol. The fourth-order valence-corrected chi connectivity index (χ4v) is 2.92. The largest absolute Gasteiger partial charge is 0.372 e. The summed E-state index contributed by atoms with van der Waals surface area (Å²) in [7, 11) is 0. The number of rotatable bonds is 10. The van der Waals surface area contributed by atoms with Gasteiger partial charge in [-0.2, -0.15) is 0 Å². The summed E-state index contributed by atoms with van der Waals surface area (Å²) >= 11 is 3.53. The quantitative estimate of drug-likeness (QED) is 0.604. The van der Waals surface area contributed by atoms with Gasteiger partial charge in [-0.25, -0.2) is 0 Å². The SMILES string of the molecule is CCCCC(CC)COC(c1cccc(Br)c1)C(N)CC. The van der Waals surface area contributed by atoms with Gasteiger partial charge in [-0.05, 0) is 36.5 Å². The predicted octanol–water partition coefficient (Wildman–Crippen LogP) is 5.46. The Bertz CT molecular complexity index is 397. The van der Waals surface area contributed by atoms with E-state index >= 15 is 0 Å². The summed E-state index contributed by atoms with van der Waals surface area (Å²) in [6.07, 6.45) is 5.86. The maximum atomic E-state index is 6.29. The van der Waals surface area contributed by atoms with Crippen LogP contribution >= 0.6 is 15.9 Å². The van der Waals surface area contributed by atoms with E-state index in [-0.39, 0.29) is 12.1 Å². The Morgan fingerprint density at radius 1 is 1.19 bits per heavy atom. The highest BCUT2D eigenvalue weighted by atomic mass is 79.9. The fourth-order valence-electron chi connectivity index (χ4n) is 2.50.